The summed E-state index contributed by atoms with van der Waals surface area (Å²) < 4.78 is 7.47. The van der Waals surface area contributed by atoms with Gasteiger partial charge in [0.2, 0.25) is 0 Å². The number of thiophene rings is 1. The fourth-order valence-corrected chi connectivity index (χ4v) is 6.81. The molecular weight excluding hydrogens is 528 g/mol. The average molecular weight is 565 g/mol. The number of nitrogens with zero attached hydrogens (tertiary/aromatic N) is 3. The summed E-state index contributed by atoms with van der Waals surface area (Å²) in [6.07, 6.45) is 4.08. The molecule has 2 aliphatic heterocycles. The van der Waals surface area contributed by atoms with Crippen LogP contribution in [-0.4, -0.2) is 49.1 Å². The first kappa shape index (κ1) is 27.3. The van der Waals surface area contributed by atoms with Gasteiger partial charge in [0.15, 0.2) is 0 Å². The van der Waals surface area contributed by atoms with Gasteiger partial charge in [-0.1, -0.05) is 29.8 Å². The molecule has 3 heterocycles. The lowest BCUT2D eigenvalue weighted by Crippen LogP contribution is -2.44. The molecule has 6 rings (SSSR count). The van der Waals surface area contributed by atoms with Gasteiger partial charge in [-0.3, -0.25) is 9.69 Å². The van der Waals surface area contributed by atoms with Gasteiger partial charge in [0.05, 0.1) is 16.5 Å². The molecule has 0 bridgehead atoms. The van der Waals surface area contributed by atoms with Crippen LogP contribution < -0.4 is 15.0 Å². The smallest absolute Gasteiger partial charge is 0.261 e. The van der Waals surface area contributed by atoms with Crippen molar-refractivity contribution in [1.82, 2.24) is 10.2 Å². The summed E-state index contributed by atoms with van der Waals surface area (Å²) in [6, 6.07) is 27.1. The van der Waals surface area contributed by atoms with Crippen LogP contribution >= 0.6 is 11.3 Å². The number of carbonyl (C=O) groups is 1. The second kappa shape index (κ2) is 12.3. The molecular formula is C34H36N4O2S. The third kappa shape index (κ3) is 6.73. The van der Waals surface area contributed by atoms with Crippen LogP contribution in [0.1, 0.15) is 52.0 Å². The third-order valence-corrected chi connectivity index (χ3v) is 9.37. The highest BCUT2D eigenvalue weighted by Crippen LogP contribution is 2.31. The highest BCUT2D eigenvalue weighted by molar-refractivity contribution is 7.20. The van der Waals surface area contributed by atoms with Crippen molar-refractivity contribution in [1.29, 1.82) is 5.26 Å². The van der Waals surface area contributed by atoms with Crippen molar-refractivity contribution < 1.29 is 9.53 Å². The van der Waals surface area contributed by atoms with E-state index in [1.54, 1.807) is 11.3 Å². The summed E-state index contributed by atoms with van der Waals surface area (Å²) >= 11 is 1.54. The van der Waals surface area contributed by atoms with Crippen LogP contribution in [0.15, 0.2) is 72.8 Å². The molecule has 2 saturated heterocycles. The van der Waals surface area contributed by atoms with E-state index >= 15 is 0 Å². The predicted molar refractivity (Wildman–Crippen MR) is 166 cm³/mol. The number of nitriles is 1. The summed E-state index contributed by atoms with van der Waals surface area (Å²) in [5, 5.41) is 13.3. The minimum atomic E-state index is 0.0164. The number of likely N-dealkylation sites (tertiary alicyclic amines) is 1. The van der Waals surface area contributed by atoms with E-state index in [2.05, 4.69) is 64.5 Å². The van der Waals surface area contributed by atoms with Gasteiger partial charge < -0.3 is 15.0 Å². The molecule has 4 aromatic rings. The Balaban J connectivity index is 0.987. The van der Waals surface area contributed by atoms with Crippen molar-refractivity contribution in [3.05, 3.63) is 94.4 Å². The second-order valence-corrected chi connectivity index (χ2v) is 12.4. The van der Waals surface area contributed by atoms with E-state index in [0.29, 0.717) is 5.56 Å². The van der Waals surface area contributed by atoms with Crippen molar-refractivity contribution in [3.8, 4) is 11.8 Å². The molecule has 0 saturated carbocycles. The molecule has 2 fully saturated rings. The maximum atomic E-state index is 13.1. The molecule has 0 atom stereocenters. The number of fused-ring (bicyclic) bond motifs is 1. The number of ether oxygens (including phenoxy) is 1. The number of aryl methyl sites for hydroxylation is 1. The Labute approximate surface area is 246 Å². The first-order valence-electron chi connectivity index (χ1n) is 14.6. The Kier molecular flexibility index (Phi) is 8.22. The largest absolute Gasteiger partial charge is 0.490 e. The number of amides is 1. The predicted octanol–water partition coefficient (Wildman–Crippen LogP) is 6.52. The number of hydrogen-bond acceptors (Lipinski definition) is 6. The number of piperidine rings is 2. The fourth-order valence-electron chi connectivity index (χ4n) is 5.81. The van der Waals surface area contributed by atoms with Crippen molar-refractivity contribution in [2.75, 3.05) is 31.1 Å². The highest BCUT2D eigenvalue weighted by Gasteiger charge is 2.23. The molecule has 3 aromatic carbocycles. The molecule has 6 nitrogen and oxygen atoms in total. The van der Waals surface area contributed by atoms with Gasteiger partial charge in [0.1, 0.15) is 11.9 Å². The monoisotopic (exact) mass is 564 g/mol. The van der Waals surface area contributed by atoms with E-state index in [4.69, 9.17) is 10.00 Å². The van der Waals surface area contributed by atoms with E-state index in [9.17, 15) is 4.79 Å². The summed E-state index contributed by atoms with van der Waals surface area (Å²) in [4.78, 5) is 18.7. The van der Waals surface area contributed by atoms with Crippen LogP contribution in [0.3, 0.4) is 0 Å². The van der Waals surface area contributed by atoms with E-state index in [1.165, 1.54) is 16.8 Å². The lowest BCUT2D eigenvalue weighted by Gasteiger charge is -2.33. The summed E-state index contributed by atoms with van der Waals surface area (Å²) in [5.41, 5.74) is 4.48. The molecule has 0 unspecified atom stereocenters. The van der Waals surface area contributed by atoms with Gasteiger partial charge in [0, 0.05) is 62.0 Å². The zero-order valence-electron chi connectivity index (χ0n) is 23.5. The Morgan fingerprint density at radius 1 is 0.951 bits per heavy atom. The average Bonchev–Trinajstić information content (AvgIpc) is 3.43. The second-order valence-electron chi connectivity index (χ2n) is 11.3. The van der Waals surface area contributed by atoms with Crippen molar-refractivity contribution in [2.24, 2.45) is 0 Å². The van der Waals surface area contributed by atoms with E-state index in [0.717, 1.165) is 79.1 Å². The zero-order chi connectivity index (χ0) is 28.2. The molecule has 7 heteroatoms. The van der Waals surface area contributed by atoms with Gasteiger partial charge in [0.25, 0.3) is 5.91 Å². The highest BCUT2D eigenvalue weighted by atomic mass is 32.1. The maximum Gasteiger partial charge on any atom is 0.261 e. The number of rotatable bonds is 7. The molecule has 0 spiro atoms. The van der Waals surface area contributed by atoms with Gasteiger partial charge in [-0.05, 0) is 79.2 Å². The number of carbonyl (C=O) groups excluding carboxylic acids is 1. The Hall–Kier alpha value is -3.86. The van der Waals surface area contributed by atoms with Crippen LogP contribution in [0.2, 0.25) is 0 Å². The summed E-state index contributed by atoms with van der Waals surface area (Å²) in [5.74, 6) is 0.900. The van der Waals surface area contributed by atoms with Crippen molar-refractivity contribution in [3.63, 3.8) is 0 Å². The standard InChI is InChI=1S/C34H36N4O2S/c1-24-2-9-29(10-3-24)38-18-14-30(15-19-38)40-31-11-8-27-20-33(41-32(27)21-31)34(39)36-28-12-16-37(17-13-28)23-26-6-4-25(22-35)5-7-26/h2-11,20-21,28,30H,12-19,23H2,1H3,(H,36,39). The quantitative estimate of drug-likeness (QED) is 0.277. The summed E-state index contributed by atoms with van der Waals surface area (Å²) in [6.45, 7) is 6.87. The lowest BCUT2D eigenvalue weighted by atomic mass is 10.0. The Morgan fingerprint density at radius 2 is 1.68 bits per heavy atom. The lowest BCUT2D eigenvalue weighted by molar-refractivity contribution is 0.0913. The van der Waals surface area contributed by atoms with Crippen LogP contribution in [-0.2, 0) is 6.54 Å². The Morgan fingerprint density at radius 3 is 2.39 bits per heavy atom. The molecule has 2 aliphatic rings. The van der Waals surface area contributed by atoms with Crippen LogP contribution in [0.5, 0.6) is 5.75 Å². The molecule has 1 N–H and O–H groups in total. The molecule has 0 aliphatic carbocycles. The minimum absolute atomic E-state index is 0.0164. The number of anilines is 1. The van der Waals surface area contributed by atoms with Gasteiger partial charge in [-0.2, -0.15) is 5.26 Å². The topological polar surface area (TPSA) is 68.6 Å². The number of nitrogens with one attached hydrogen (secondary N) is 1. The van der Waals surface area contributed by atoms with Crippen LogP contribution in [0.25, 0.3) is 10.1 Å². The number of hydrogen-bond donors (Lipinski definition) is 1. The fraction of sp³-hybridized carbons (Fsp3) is 0.353. The van der Waals surface area contributed by atoms with Crippen molar-refractivity contribution >= 4 is 33.0 Å². The van der Waals surface area contributed by atoms with Gasteiger partial charge in [-0.25, -0.2) is 0 Å². The zero-order valence-corrected chi connectivity index (χ0v) is 24.3. The minimum Gasteiger partial charge on any atom is -0.490 e. The first-order valence-corrected chi connectivity index (χ1v) is 15.4. The van der Waals surface area contributed by atoms with Crippen LogP contribution in [0, 0.1) is 18.3 Å². The Bertz CT molecular complexity index is 1520. The third-order valence-electron chi connectivity index (χ3n) is 8.27. The number of benzene rings is 3. The van der Waals surface area contributed by atoms with Gasteiger partial charge in [-0.15, -0.1) is 11.3 Å². The molecule has 1 amide bonds. The maximum absolute atomic E-state index is 13.1. The van der Waals surface area contributed by atoms with E-state index in [-0.39, 0.29) is 18.1 Å². The SMILES string of the molecule is Cc1ccc(N2CCC(Oc3ccc4cc(C(=O)NC5CCN(Cc6ccc(C#N)cc6)CC5)sc4c3)CC2)cc1. The molecule has 0 radical (unpaired) electrons. The molecule has 210 valence electrons. The van der Waals surface area contributed by atoms with E-state index < -0.39 is 0 Å². The summed E-state index contributed by atoms with van der Waals surface area (Å²) in [7, 11) is 0. The molecule has 41 heavy (non-hydrogen) atoms. The van der Waals surface area contributed by atoms with Crippen molar-refractivity contribution in [2.45, 2.75) is 51.3 Å². The normalized spacial score (nSPS) is 16.9. The van der Waals surface area contributed by atoms with E-state index in [1.807, 2.05) is 36.4 Å². The first-order chi connectivity index (χ1) is 20.0. The molecule has 1 aromatic heterocycles. The van der Waals surface area contributed by atoms with Gasteiger partial charge >= 0.3 is 0 Å². The van der Waals surface area contributed by atoms with Crippen LogP contribution in [0.4, 0.5) is 5.69 Å².